The van der Waals surface area contributed by atoms with Crippen molar-refractivity contribution in [3.63, 3.8) is 0 Å². The molecule has 1 N–H and O–H groups in total. The van der Waals surface area contributed by atoms with Gasteiger partial charge in [-0.25, -0.2) is 4.98 Å². The fourth-order valence-electron chi connectivity index (χ4n) is 5.24. The largest absolute Gasteiger partial charge is 0.469 e. The van der Waals surface area contributed by atoms with Crippen LogP contribution in [-0.4, -0.2) is 40.7 Å². The lowest BCUT2D eigenvalue weighted by atomic mass is 9.79. The highest BCUT2D eigenvalue weighted by molar-refractivity contribution is 6.34. The summed E-state index contributed by atoms with van der Waals surface area (Å²) in [6, 6.07) is 11.6. The van der Waals surface area contributed by atoms with Crippen LogP contribution in [0.3, 0.4) is 0 Å². The summed E-state index contributed by atoms with van der Waals surface area (Å²) in [7, 11) is 0. The van der Waals surface area contributed by atoms with Gasteiger partial charge >= 0.3 is 0 Å². The molecule has 0 aliphatic carbocycles. The molecule has 2 aliphatic heterocycles. The SMILES string of the molecule is Clc1cc(Cl)cc(Cn2ccnc2COc2cccc(N3CCC(C4CCNCC4)CC3)n2)c1. The first-order chi connectivity index (χ1) is 16.6. The molecule has 180 valence electrons. The zero-order chi connectivity index (χ0) is 23.3. The predicted molar refractivity (Wildman–Crippen MR) is 137 cm³/mol. The van der Waals surface area contributed by atoms with Crippen LogP contribution in [0.5, 0.6) is 5.88 Å². The van der Waals surface area contributed by atoms with Crippen molar-refractivity contribution < 1.29 is 4.74 Å². The van der Waals surface area contributed by atoms with Gasteiger partial charge in [0.25, 0.3) is 0 Å². The van der Waals surface area contributed by atoms with Gasteiger partial charge in [0.15, 0.2) is 0 Å². The van der Waals surface area contributed by atoms with E-state index in [2.05, 4.69) is 21.3 Å². The van der Waals surface area contributed by atoms with Gasteiger partial charge in [-0.3, -0.25) is 0 Å². The molecular formula is C26H31Cl2N5O. The van der Waals surface area contributed by atoms with Crippen molar-refractivity contribution in [3.8, 4) is 5.88 Å². The summed E-state index contributed by atoms with van der Waals surface area (Å²) >= 11 is 12.3. The second kappa shape index (κ2) is 11.0. The summed E-state index contributed by atoms with van der Waals surface area (Å²) in [6.45, 7) is 5.46. The number of nitrogens with one attached hydrogen (secondary N) is 1. The molecule has 4 heterocycles. The fraction of sp³-hybridized carbons (Fsp3) is 0.462. The first-order valence-corrected chi connectivity index (χ1v) is 12.9. The summed E-state index contributed by atoms with van der Waals surface area (Å²) < 4.78 is 8.08. The van der Waals surface area contributed by atoms with Crippen LogP contribution in [0.4, 0.5) is 5.82 Å². The molecule has 2 aliphatic rings. The van der Waals surface area contributed by atoms with E-state index in [1.165, 1.54) is 38.8 Å². The van der Waals surface area contributed by atoms with Crippen LogP contribution in [0.15, 0.2) is 48.8 Å². The van der Waals surface area contributed by atoms with Crippen LogP contribution in [0.2, 0.25) is 10.0 Å². The quantitative estimate of drug-likeness (QED) is 0.469. The molecule has 0 amide bonds. The molecule has 0 atom stereocenters. The zero-order valence-corrected chi connectivity index (χ0v) is 20.8. The average Bonchev–Trinajstić information content (AvgIpc) is 3.30. The van der Waals surface area contributed by atoms with E-state index in [-0.39, 0.29) is 0 Å². The smallest absolute Gasteiger partial charge is 0.215 e. The Balaban J connectivity index is 1.17. The lowest BCUT2D eigenvalue weighted by Gasteiger charge is -2.38. The Morgan fingerprint density at radius 1 is 0.971 bits per heavy atom. The van der Waals surface area contributed by atoms with E-state index in [0.717, 1.165) is 42.1 Å². The van der Waals surface area contributed by atoms with Gasteiger partial charge < -0.3 is 19.5 Å². The number of hydrogen-bond donors (Lipinski definition) is 1. The molecule has 5 rings (SSSR count). The third-order valence-electron chi connectivity index (χ3n) is 7.05. The van der Waals surface area contributed by atoms with Crippen LogP contribution in [-0.2, 0) is 13.2 Å². The predicted octanol–water partition coefficient (Wildman–Crippen LogP) is 5.43. The Kier molecular flexibility index (Phi) is 7.57. The monoisotopic (exact) mass is 499 g/mol. The molecule has 1 aromatic carbocycles. The summed E-state index contributed by atoms with van der Waals surface area (Å²) in [6.07, 6.45) is 8.87. The number of nitrogens with zero attached hydrogens (tertiary/aromatic N) is 4. The number of anilines is 1. The molecule has 8 heteroatoms. The third kappa shape index (κ3) is 5.85. The fourth-order valence-corrected chi connectivity index (χ4v) is 5.81. The molecule has 34 heavy (non-hydrogen) atoms. The minimum Gasteiger partial charge on any atom is -0.469 e. The zero-order valence-electron chi connectivity index (χ0n) is 19.3. The van der Waals surface area contributed by atoms with E-state index in [4.69, 9.17) is 32.9 Å². The molecule has 0 bridgehead atoms. The van der Waals surface area contributed by atoms with Crippen molar-refractivity contribution in [1.29, 1.82) is 0 Å². The number of halogens is 2. The Morgan fingerprint density at radius 3 is 2.47 bits per heavy atom. The summed E-state index contributed by atoms with van der Waals surface area (Å²) in [4.78, 5) is 11.7. The van der Waals surface area contributed by atoms with E-state index < -0.39 is 0 Å². The van der Waals surface area contributed by atoms with Crippen molar-refractivity contribution in [1.82, 2.24) is 19.9 Å². The molecule has 0 spiro atoms. The number of rotatable bonds is 7. The van der Waals surface area contributed by atoms with E-state index >= 15 is 0 Å². The number of piperidine rings is 2. The van der Waals surface area contributed by atoms with Crippen LogP contribution in [0.25, 0.3) is 0 Å². The molecular weight excluding hydrogens is 469 g/mol. The third-order valence-corrected chi connectivity index (χ3v) is 7.49. The highest BCUT2D eigenvalue weighted by Crippen LogP contribution is 2.32. The lowest BCUT2D eigenvalue weighted by Crippen LogP contribution is -2.39. The topological polar surface area (TPSA) is 55.2 Å². The standard InChI is InChI=1S/C26H31Cl2N5O/c27-22-14-19(15-23(28)16-22)17-33-13-10-30-25(33)18-34-26-3-1-2-24(31-26)32-11-6-21(7-12-32)20-4-8-29-9-5-20/h1-3,10,13-16,20-21,29H,4-9,11-12,17-18H2. The van der Waals surface area contributed by atoms with Gasteiger partial charge in [-0.1, -0.05) is 29.3 Å². The molecule has 2 saturated heterocycles. The highest BCUT2D eigenvalue weighted by Gasteiger charge is 2.28. The van der Waals surface area contributed by atoms with Crippen molar-refractivity contribution >= 4 is 29.0 Å². The number of hydrogen-bond acceptors (Lipinski definition) is 5. The number of imidazole rings is 1. The van der Waals surface area contributed by atoms with E-state index in [0.29, 0.717) is 29.1 Å². The van der Waals surface area contributed by atoms with E-state index in [1.807, 2.05) is 35.0 Å². The average molecular weight is 500 g/mol. The van der Waals surface area contributed by atoms with Gasteiger partial charge in [-0.2, -0.15) is 4.98 Å². The number of aromatic nitrogens is 3. The van der Waals surface area contributed by atoms with E-state index in [9.17, 15) is 0 Å². The van der Waals surface area contributed by atoms with Crippen LogP contribution in [0.1, 0.15) is 37.1 Å². The molecule has 2 aromatic heterocycles. The molecule has 0 unspecified atom stereocenters. The van der Waals surface area contributed by atoms with Gasteiger partial charge in [0.2, 0.25) is 5.88 Å². The first kappa shape index (κ1) is 23.5. The first-order valence-electron chi connectivity index (χ1n) is 12.1. The second-order valence-corrected chi connectivity index (χ2v) is 10.2. The summed E-state index contributed by atoms with van der Waals surface area (Å²) in [5.41, 5.74) is 1.02. The highest BCUT2D eigenvalue weighted by atomic mass is 35.5. The van der Waals surface area contributed by atoms with Gasteiger partial charge in [0.1, 0.15) is 18.2 Å². The van der Waals surface area contributed by atoms with Crippen molar-refractivity contribution in [2.24, 2.45) is 11.8 Å². The van der Waals surface area contributed by atoms with Crippen LogP contribution >= 0.6 is 23.2 Å². The van der Waals surface area contributed by atoms with Gasteiger partial charge in [0.05, 0.1) is 0 Å². The van der Waals surface area contributed by atoms with Crippen LogP contribution in [0, 0.1) is 11.8 Å². The van der Waals surface area contributed by atoms with E-state index in [1.54, 1.807) is 12.3 Å². The maximum absolute atomic E-state index is 6.15. The molecule has 2 fully saturated rings. The summed E-state index contributed by atoms with van der Waals surface area (Å²) in [5, 5.41) is 4.74. The number of ether oxygens (including phenoxy) is 1. The van der Waals surface area contributed by atoms with Crippen molar-refractivity contribution in [2.75, 3.05) is 31.1 Å². The molecule has 6 nitrogen and oxygen atoms in total. The lowest BCUT2D eigenvalue weighted by molar-refractivity contribution is 0.221. The number of pyridine rings is 1. The van der Waals surface area contributed by atoms with Gasteiger partial charge in [-0.15, -0.1) is 0 Å². The Labute approximate surface area is 211 Å². The van der Waals surface area contributed by atoms with Crippen molar-refractivity contribution in [3.05, 3.63) is 70.2 Å². The van der Waals surface area contributed by atoms with Crippen LogP contribution < -0.4 is 15.0 Å². The molecule has 3 aromatic rings. The minimum absolute atomic E-state index is 0.343. The molecule has 0 radical (unpaired) electrons. The Hall–Kier alpha value is -2.28. The summed E-state index contributed by atoms with van der Waals surface area (Å²) in [5.74, 6) is 4.19. The van der Waals surface area contributed by atoms with Gasteiger partial charge in [0, 0.05) is 48.1 Å². The maximum Gasteiger partial charge on any atom is 0.215 e. The number of benzene rings is 1. The Bertz CT molecular complexity index is 1070. The minimum atomic E-state index is 0.343. The normalized spacial score (nSPS) is 17.8. The Morgan fingerprint density at radius 2 is 1.71 bits per heavy atom. The van der Waals surface area contributed by atoms with Gasteiger partial charge in [-0.05, 0) is 80.4 Å². The maximum atomic E-state index is 6.15. The van der Waals surface area contributed by atoms with Crippen molar-refractivity contribution in [2.45, 2.75) is 38.8 Å². The second-order valence-electron chi connectivity index (χ2n) is 9.28. The molecule has 0 saturated carbocycles.